The van der Waals surface area contributed by atoms with Gasteiger partial charge in [0.25, 0.3) is 0 Å². The van der Waals surface area contributed by atoms with Crippen molar-refractivity contribution in [2.24, 2.45) is 5.41 Å². The maximum absolute atomic E-state index is 3.56. The fraction of sp³-hybridized carbons (Fsp3) is 1.00. The average molecular weight is 257 g/mol. The Balaban J connectivity index is 4.18. The standard InChI is InChI=1S/C15H35N3/c1-8-9-18(11-10-17(6)7)13-15(4,5)12-16-14(2)3/h14,16H,8-13H2,1-7H3. The molecule has 3 heteroatoms. The first kappa shape index (κ1) is 17.9. The maximum Gasteiger partial charge on any atom is 0.0109 e. The Bertz CT molecular complexity index is 200. The molecule has 0 radical (unpaired) electrons. The molecule has 18 heavy (non-hydrogen) atoms. The molecule has 1 N–H and O–H groups in total. The van der Waals surface area contributed by atoms with Gasteiger partial charge in [-0.2, -0.15) is 0 Å². The van der Waals surface area contributed by atoms with Crippen LogP contribution in [0.2, 0.25) is 0 Å². The number of likely N-dealkylation sites (N-methyl/N-ethyl adjacent to an activating group) is 1. The van der Waals surface area contributed by atoms with E-state index >= 15 is 0 Å². The smallest absolute Gasteiger partial charge is 0.0109 e. The monoisotopic (exact) mass is 257 g/mol. The van der Waals surface area contributed by atoms with Crippen molar-refractivity contribution in [2.75, 3.05) is 46.8 Å². The number of nitrogens with one attached hydrogen (secondary N) is 1. The van der Waals surface area contributed by atoms with Gasteiger partial charge in [0.1, 0.15) is 0 Å². The molecule has 0 bridgehead atoms. The van der Waals surface area contributed by atoms with Crippen molar-refractivity contribution >= 4 is 0 Å². The largest absolute Gasteiger partial charge is 0.314 e. The third kappa shape index (κ3) is 9.86. The van der Waals surface area contributed by atoms with Crippen molar-refractivity contribution in [1.29, 1.82) is 0 Å². The Labute approximate surface area is 115 Å². The van der Waals surface area contributed by atoms with Crippen molar-refractivity contribution in [2.45, 2.75) is 47.1 Å². The second kappa shape index (κ2) is 8.89. The fourth-order valence-corrected chi connectivity index (χ4v) is 2.07. The highest BCUT2D eigenvalue weighted by Gasteiger charge is 2.21. The van der Waals surface area contributed by atoms with E-state index in [1.165, 1.54) is 26.1 Å². The molecule has 0 aromatic heterocycles. The topological polar surface area (TPSA) is 18.5 Å². The molecule has 3 nitrogen and oxygen atoms in total. The fourth-order valence-electron chi connectivity index (χ4n) is 2.07. The Kier molecular flexibility index (Phi) is 8.83. The van der Waals surface area contributed by atoms with Crippen LogP contribution in [0.5, 0.6) is 0 Å². The number of rotatable bonds is 10. The zero-order chi connectivity index (χ0) is 14.2. The lowest BCUT2D eigenvalue weighted by atomic mass is 9.92. The first-order valence-corrected chi connectivity index (χ1v) is 7.37. The summed E-state index contributed by atoms with van der Waals surface area (Å²) in [5.74, 6) is 0. The highest BCUT2D eigenvalue weighted by atomic mass is 15.2. The molecule has 0 atom stereocenters. The average Bonchev–Trinajstić information content (AvgIpc) is 2.23. The van der Waals surface area contributed by atoms with Crippen molar-refractivity contribution in [1.82, 2.24) is 15.1 Å². The molecule has 0 unspecified atom stereocenters. The second-order valence-corrected chi connectivity index (χ2v) is 6.78. The van der Waals surface area contributed by atoms with Gasteiger partial charge >= 0.3 is 0 Å². The third-order valence-electron chi connectivity index (χ3n) is 3.04. The van der Waals surface area contributed by atoms with E-state index in [2.05, 4.69) is 63.8 Å². The van der Waals surface area contributed by atoms with Crippen LogP contribution in [-0.2, 0) is 0 Å². The van der Waals surface area contributed by atoms with E-state index in [-0.39, 0.29) is 0 Å². The number of nitrogens with zero attached hydrogens (tertiary/aromatic N) is 2. The van der Waals surface area contributed by atoms with Gasteiger partial charge in [0, 0.05) is 32.2 Å². The predicted octanol–water partition coefficient (Wildman–Crippen LogP) is 2.28. The number of hydrogen-bond acceptors (Lipinski definition) is 3. The molecular weight excluding hydrogens is 222 g/mol. The van der Waals surface area contributed by atoms with Crippen LogP contribution in [0.4, 0.5) is 0 Å². The highest BCUT2D eigenvalue weighted by molar-refractivity contribution is 4.77. The molecular formula is C15H35N3. The SMILES string of the molecule is CCCN(CCN(C)C)CC(C)(C)CNC(C)C. The summed E-state index contributed by atoms with van der Waals surface area (Å²) < 4.78 is 0. The van der Waals surface area contributed by atoms with Gasteiger partial charge in [-0.3, -0.25) is 0 Å². The van der Waals surface area contributed by atoms with Gasteiger partial charge in [0.2, 0.25) is 0 Å². The normalized spacial score (nSPS) is 13.0. The molecule has 0 aromatic carbocycles. The second-order valence-electron chi connectivity index (χ2n) is 6.78. The van der Waals surface area contributed by atoms with Crippen molar-refractivity contribution < 1.29 is 0 Å². The first-order valence-electron chi connectivity index (χ1n) is 7.37. The molecule has 0 aliphatic carbocycles. The van der Waals surface area contributed by atoms with Gasteiger partial charge in [-0.15, -0.1) is 0 Å². The molecule has 0 heterocycles. The van der Waals surface area contributed by atoms with Crippen LogP contribution in [0.1, 0.15) is 41.0 Å². The predicted molar refractivity (Wildman–Crippen MR) is 82.2 cm³/mol. The quantitative estimate of drug-likeness (QED) is 0.648. The molecule has 0 rings (SSSR count). The van der Waals surface area contributed by atoms with E-state index < -0.39 is 0 Å². The maximum atomic E-state index is 3.56. The van der Waals surface area contributed by atoms with Crippen LogP contribution >= 0.6 is 0 Å². The molecule has 0 amide bonds. The van der Waals surface area contributed by atoms with Crippen molar-refractivity contribution in [3.8, 4) is 0 Å². The molecule has 0 aliphatic heterocycles. The van der Waals surface area contributed by atoms with Gasteiger partial charge in [-0.1, -0.05) is 34.6 Å². The van der Waals surface area contributed by atoms with Crippen molar-refractivity contribution in [3.63, 3.8) is 0 Å². The summed E-state index contributed by atoms with van der Waals surface area (Å²) in [5, 5.41) is 3.56. The summed E-state index contributed by atoms with van der Waals surface area (Å²) in [4.78, 5) is 4.87. The van der Waals surface area contributed by atoms with Gasteiger partial charge in [0.05, 0.1) is 0 Å². The molecule has 0 saturated heterocycles. The van der Waals surface area contributed by atoms with E-state index in [4.69, 9.17) is 0 Å². The van der Waals surface area contributed by atoms with Gasteiger partial charge in [0.15, 0.2) is 0 Å². The van der Waals surface area contributed by atoms with E-state index in [1.54, 1.807) is 0 Å². The Morgan fingerprint density at radius 3 is 2.11 bits per heavy atom. The summed E-state index contributed by atoms with van der Waals surface area (Å²) in [6.07, 6.45) is 1.24. The molecule has 110 valence electrons. The summed E-state index contributed by atoms with van der Waals surface area (Å²) in [7, 11) is 4.30. The molecule has 0 aromatic rings. The van der Waals surface area contributed by atoms with E-state index in [9.17, 15) is 0 Å². The molecule has 0 aliphatic rings. The van der Waals surface area contributed by atoms with E-state index in [0.29, 0.717) is 11.5 Å². The lowest BCUT2D eigenvalue weighted by Crippen LogP contribution is -2.44. The Morgan fingerprint density at radius 1 is 1.06 bits per heavy atom. The molecule has 0 spiro atoms. The van der Waals surface area contributed by atoms with E-state index in [0.717, 1.165) is 13.1 Å². The first-order chi connectivity index (χ1) is 8.26. The van der Waals surface area contributed by atoms with Crippen LogP contribution in [-0.4, -0.2) is 62.7 Å². The van der Waals surface area contributed by atoms with Crippen LogP contribution in [0, 0.1) is 5.41 Å². The highest BCUT2D eigenvalue weighted by Crippen LogP contribution is 2.16. The number of hydrogen-bond donors (Lipinski definition) is 1. The molecule has 0 saturated carbocycles. The van der Waals surface area contributed by atoms with Crippen LogP contribution in [0.15, 0.2) is 0 Å². The summed E-state index contributed by atoms with van der Waals surface area (Å²) in [6.45, 7) is 17.2. The summed E-state index contributed by atoms with van der Waals surface area (Å²) >= 11 is 0. The van der Waals surface area contributed by atoms with Gasteiger partial charge in [-0.25, -0.2) is 0 Å². The minimum Gasteiger partial charge on any atom is -0.314 e. The van der Waals surface area contributed by atoms with Gasteiger partial charge < -0.3 is 15.1 Å². The van der Waals surface area contributed by atoms with Crippen molar-refractivity contribution in [3.05, 3.63) is 0 Å². The Hall–Kier alpha value is -0.120. The minimum atomic E-state index is 0.339. The zero-order valence-corrected chi connectivity index (χ0v) is 13.7. The van der Waals surface area contributed by atoms with Crippen LogP contribution < -0.4 is 5.32 Å². The Morgan fingerprint density at radius 2 is 1.67 bits per heavy atom. The minimum absolute atomic E-state index is 0.339. The van der Waals surface area contributed by atoms with Crippen LogP contribution in [0.25, 0.3) is 0 Å². The molecule has 0 fully saturated rings. The lowest BCUT2D eigenvalue weighted by Gasteiger charge is -2.34. The summed E-state index contributed by atoms with van der Waals surface area (Å²) in [5.41, 5.74) is 0.339. The third-order valence-corrected chi connectivity index (χ3v) is 3.04. The van der Waals surface area contributed by atoms with Gasteiger partial charge in [-0.05, 0) is 32.5 Å². The van der Waals surface area contributed by atoms with E-state index in [1.807, 2.05) is 0 Å². The van der Waals surface area contributed by atoms with Crippen LogP contribution in [0.3, 0.4) is 0 Å². The zero-order valence-electron chi connectivity index (χ0n) is 13.7. The summed E-state index contributed by atoms with van der Waals surface area (Å²) in [6, 6.07) is 0.575. The lowest BCUT2D eigenvalue weighted by molar-refractivity contribution is 0.160.